The molecule has 0 aliphatic carbocycles. The molecule has 1 heterocycles. The van der Waals surface area contributed by atoms with E-state index in [1.54, 1.807) is 6.07 Å². The molecule has 1 aromatic rings. The number of piperidine rings is 1. The molecule has 1 aliphatic rings. The Morgan fingerprint density at radius 1 is 1.18 bits per heavy atom. The van der Waals surface area contributed by atoms with Gasteiger partial charge in [0.2, 0.25) is 0 Å². The van der Waals surface area contributed by atoms with Crippen molar-refractivity contribution < 1.29 is 4.39 Å². The summed E-state index contributed by atoms with van der Waals surface area (Å²) in [6, 6.07) is 5.09. The lowest BCUT2D eigenvalue weighted by molar-refractivity contribution is 0.298. The van der Waals surface area contributed by atoms with E-state index in [1.807, 2.05) is 19.9 Å². The maximum absolute atomic E-state index is 14.0. The quantitative estimate of drug-likeness (QED) is 0.564. The van der Waals surface area contributed by atoms with Gasteiger partial charge in [-0.05, 0) is 36.8 Å². The SMILES string of the molecule is CC(C)c1ccc([N+]2([O-])CCCCC2)c(F)c1. The van der Waals surface area contributed by atoms with E-state index in [1.165, 1.54) is 6.07 Å². The minimum Gasteiger partial charge on any atom is -0.627 e. The van der Waals surface area contributed by atoms with E-state index < -0.39 is 4.65 Å². The third kappa shape index (κ3) is 2.50. The van der Waals surface area contributed by atoms with Crippen LogP contribution in [0.1, 0.15) is 44.6 Å². The summed E-state index contributed by atoms with van der Waals surface area (Å²) >= 11 is 0. The number of benzene rings is 1. The van der Waals surface area contributed by atoms with Gasteiger partial charge in [-0.15, -0.1) is 0 Å². The maximum Gasteiger partial charge on any atom is 0.184 e. The summed E-state index contributed by atoms with van der Waals surface area (Å²) in [5.74, 6) is -0.0480. The Morgan fingerprint density at radius 2 is 1.82 bits per heavy atom. The monoisotopic (exact) mass is 237 g/mol. The van der Waals surface area contributed by atoms with Crippen LogP contribution in [-0.2, 0) is 0 Å². The third-order valence-corrected chi connectivity index (χ3v) is 3.62. The molecule has 17 heavy (non-hydrogen) atoms. The van der Waals surface area contributed by atoms with Crippen molar-refractivity contribution in [2.24, 2.45) is 0 Å². The van der Waals surface area contributed by atoms with Crippen LogP contribution in [0.2, 0.25) is 0 Å². The predicted molar refractivity (Wildman–Crippen MR) is 69.2 cm³/mol. The highest BCUT2D eigenvalue weighted by Gasteiger charge is 2.27. The Labute approximate surface area is 102 Å². The number of quaternary nitrogens is 1. The molecule has 94 valence electrons. The fourth-order valence-corrected chi connectivity index (χ4v) is 2.48. The van der Waals surface area contributed by atoms with E-state index in [9.17, 15) is 9.60 Å². The van der Waals surface area contributed by atoms with Crippen molar-refractivity contribution in [3.05, 3.63) is 34.8 Å². The number of hydrogen-bond acceptors (Lipinski definition) is 1. The summed E-state index contributed by atoms with van der Waals surface area (Å²) in [4.78, 5) is 0. The Kier molecular flexibility index (Phi) is 3.50. The Hall–Kier alpha value is -0.930. The Morgan fingerprint density at radius 3 is 2.35 bits per heavy atom. The van der Waals surface area contributed by atoms with Crippen LogP contribution in [0.3, 0.4) is 0 Å². The summed E-state index contributed by atoms with van der Waals surface area (Å²) in [6.07, 6.45) is 2.89. The highest BCUT2D eigenvalue weighted by atomic mass is 19.1. The third-order valence-electron chi connectivity index (χ3n) is 3.62. The normalized spacial score (nSPS) is 19.6. The fraction of sp³-hybridized carbons (Fsp3) is 0.571. The van der Waals surface area contributed by atoms with Crippen LogP contribution in [0.25, 0.3) is 0 Å². The number of hydrogen-bond donors (Lipinski definition) is 0. The zero-order chi connectivity index (χ0) is 12.5. The van der Waals surface area contributed by atoms with E-state index in [0.717, 1.165) is 24.8 Å². The summed E-state index contributed by atoms with van der Waals surface area (Å²) in [7, 11) is 0. The van der Waals surface area contributed by atoms with Gasteiger partial charge < -0.3 is 9.85 Å². The Balaban J connectivity index is 2.32. The number of halogens is 1. The molecular formula is C14H20FNO. The molecule has 1 aliphatic heterocycles. The second kappa shape index (κ2) is 4.75. The Bertz CT molecular complexity index is 397. The van der Waals surface area contributed by atoms with Crippen molar-refractivity contribution in [1.29, 1.82) is 0 Å². The first kappa shape index (κ1) is 12.5. The van der Waals surface area contributed by atoms with Crippen LogP contribution in [-0.4, -0.2) is 13.1 Å². The van der Waals surface area contributed by atoms with Crippen LogP contribution in [0.5, 0.6) is 0 Å². The van der Waals surface area contributed by atoms with E-state index in [2.05, 4.69) is 0 Å². The van der Waals surface area contributed by atoms with Crippen molar-refractivity contribution in [2.75, 3.05) is 13.1 Å². The van der Waals surface area contributed by atoms with E-state index in [4.69, 9.17) is 0 Å². The van der Waals surface area contributed by atoms with Gasteiger partial charge >= 0.3 is 0 Å². The molecule has 1 saturated heterocycles. The second-order valence-electron chi connectivity index (χ2n) is 5.26. The van der Waals surface area contributed by atoms with Gasteiger partial charge in [-0.25, -0.2) is 4.39 Å². The molecule has 0 radical (unpaired) electrons. The van der Waals surface area contributed by atoms with Gasteiger partial charge in [0, 0.05) is 6.07 Å². The second-order valence-corrected chi connectivity index (χ2v) is 5.26. The first-order valence-electron chi connectivity index (χ1n) is 6.41. The molecule has 2 rings (SSSR count). The largest absolute Gasteiger partial charge is 0.627 e. The van der Waals surface area contributed by atoms with Crippen molar-refractivity contribution in [1.82, 2.24) is 4.65 Å². The topological polar surface area (TPSA) is 23.1 Å². The highest BCUT2D eigenvalue weighted by molar-refractivity contribution is 5.47. The molecule has 0 spiro atoms. The van der Waals surface area contributed by atoms with Crippen LogP contribution in [0.4, 0.5) is 10.1 Å². The number of hydroxylamine groups is 2. The number of rotatable bonds is 2. The highest BCUT2D eigenvalue weighted by Crippen LogP contribution is 2.31. The molecule has 0 bridgehead atoms. The van der Waals surface area contributed by atoms with Gasteiger partial charge in [-0.1, -0.05) is 19.9 Å². The van der Waals surface area contributed by atoms with Crippen molar-refractivity contribution in [3.63, 3.8) is 0 Å². The van der Waals surface area contributed by atoms with Crippen LogP contribution in [0, 0.1) is 11.0 Å². The van der Waals surface area contributed by atoms with E-state index in [-0.39, 0.29) is 5.82 Å². The van der Waals surface area contributed by atoms with Crippen LogP contribution < -0.4 is 4.65 Å². The lowest BCUT2D eigenvalue weighted by atomic mass is 10.0. The molecule has 1 fully saturated rings. The standard InChI is InChI=1S/C14H20FNO/c1-11(2)12-6-7-14(13(15)10-12)16(17)8-4-3-5-9-16/h6-7,10-11H,3-5,8-9H2,1-2H3. The maximum atomic E-state index is 14.0. The van der Waals surface area contributed by atoms with Gasteiger partial charge in [0.1, 0.15) is 0 Å². The molecule has 2 nitrogen and oxygen atoms in total. The molecule has 0 aromatic heterocycles. The molecular weight excluding hydrogens is 217 g/mol. The molecule has 1 aromatic carbocycles. The summed E-state index contributed by atoms with van der Waals surface area (Å²) in [5.41, 5.74) is 1.27. The fourth-order valence-electron chi connectivity index (χ4n) is 2.48. The van der Waals surface area contributed by atoms with Gasteiger partial charge in [0.15, 0.2) is 11.5 Å². The zero-order valence-corrected chi connectivity index (χ0v) is 10.6. The molecule has 0 saturated carbocycles. The first-order chi connectivity index (χ1) is 8.03. The van der Waals surface area contributed by atoms with Crippen molar-refractivity contribution in [2.45, 2.75) is 39.0 Å². The van der Waals surface area contributed by atoms with Gasteiger partial charge in [0.05, 0.1) is 13.1 Å². The van der Waals surface area contributed by atoms with Gasteiger partial charge in [-0.3, -0.25) is 0 Å². The van der Waals surface area contributed by atoms with E-state index in [0.29, 0.717) is 24.7 Å². The summed E-state index contributed by atoms with van der Waals surface area (Å²) in [6.45, 7) is 5.07. The minimum absolute atomic E-state index is 0.292. The average molecular weight is 237 g/mol. The number of nitrogens with zero attached hydrogens (tertiary/aromatic N) is 1. The predicted octanol–water partition coefficient (Wildman–Crippen LogP) is 3.94. The first-order valence-corrected chi connectivity index (χ1v) is 6.41. The molecule has 3 heteroatoms. The molecule has 0 N–H and O–H groups in total. The minimum atomic E-state index is -0.482. The summed E-state index contributed by atoms with van der Waals surface area (Å²) in [5, 5.41) is 12.5. The van der Waals surface area contributed by atoms with Gasteiger partial charge in [0.25, 0.3) is 0 Å². The lowest BCUT2D eigenvalue weighted by Gasteiger charge is -2.44. The average Bonchev–Trinajstić information content (AvgIpc) is 2.29. The summed E-state index contributed by atoms with van der Waals surface area (Å²) < 4.78 is 13.5. The molecule has 0 unspecified atom stereocenters. The van der Waals surface area contributed by atoms with E-state index >= 15 is 0 Å². The molecule has 0 atom stereocenters. The van der Waals surface area contributed by atoms with Crippen molar-refractivity contribution in [3.8, 4) is 0 Å². The lowest BCUT2D eigenvalue weighted by Crippen LogP contribution is -2.47. The van der Waals surface area contributed by atoms with Crippen molar-refractivity contribution >= 4 is 5.69 Å². The zero-order valence-electron chi connectivity index (χ0n) is 10.6. The van der Waals surface area contributed by atoms with Gasteiger partial charge in [-0.2, -0.15) is 0 Å². The smallest absolute Gasteiger partial charge is 0.184 e. The van der Waals surface area contributed by atoms with Crippen LogP contribution >= 0.6 is 0 Å². The molecule has 0 amide bonds. The van der Waals surface area contributed by atoms with Crippen LogP contribution in [0.15, 0.2) is 18.2 Å².